The zero-order valence-corrected chi connectivity index (χ0v) is 14.9. The van der Waals surface area contributed by atoms with Gasteiger partial charge in [0.05, 0.1) is 6.61 Å². The highest BCUT2D eigenvalue weighted by Crippen LogP contribution is 2.35. The van der Waals surface area contributed by atoms with E-state index in [1.807, 2.05) is 0 Å². The van der Waals surface area contributed by atoms with E-state index in [-0.39, 0.29) is 6.42 Å². The van der Waals surface area contributed by atoms with Gasteiger partial charge in [0.1, 0.15) is 6.10 Å². The fraction of sp³-hybridized carbons (Fsp3) is 0.778. The van der Waals surface area contributed by atoms with E-state index in [0.29, 0.717) is 6.42 Å². The predicted molar refractivity (Wildman–Crippen MR) is 91.1 cm³/mol. The number of carbonyl (C=O) groups is 2. The Morgan fingerprint density at radius 3 is 2.00 bits per heavy atom. The van der Waals surface area contributed by atoms with Crippen molar-refractivity contribution in [3.63, 3.8) is 0 Å². The van der Waals surface area contributed by atoms with Gasteiger partial charge in [-0.2, -0.15) is 0 Å². The number of unbranched alkanes of at least 4 members (excludes halogenated alkanes) is 8. The summed E-state index contributed by atoms with van der Waals surface area (Å²) in [4.78, 5) is 23.8. The summed E-state index contributed by atoms with van der Waals surface area (Å²) in [5, 5.41) is 38.3. The fourth-order valence-corrected chi connectivity index (χ4v) is 3.03. The molecule has 0 saturated heterocycles. The van der Waals surface area contributed by atoms with Crippen LogP contribution in [-0.4, -0.2) is 50.5 Å². The zero-order valence-electron chi connectivity index (χ0n) is 14.9. The van der Waals surface area contributed by atoms with E-state index < -0.39 is 41.6 Å². The molecule has 4 N–H and O–H groups in total. The molecule has 0 aromatic carbocycles. The summed E-state index contributed by atoms with van der Waals surface area (Å²) < 4.78 is 4.75. The summed E-state index contributed by atoms with van der Waals surface area (Å²) in [6.07, 6.45) is 7.61. The molecule has 0 aliphatic carbocycles. The van der Waals surface area contributed by atoms with Crippen molar-refractivity contribution in [2.24, 2.45) is 0 Å². The molecule has 0 unspecified atom stereocenters. The number of aliphatic hydroxyl groups excluding tert-OH is 4. The third kappa shape index (κ3) is 5.19. The van der Waals surface area contributed by atoms with Crippen LogP contribution in [0.15, 0.2) is 11.5 Å². The van der Waals surface area contributed by atoms with E-state index in [9.17, 15) is 24.9 Å². The molecule has 0 aromatic heterocycles. The van der Waals surface area contributed by atoms with Crippen molar-refractivity contribution >= 4 is 11.8 Å². The van der Waals surface area contributed by atoms with Crippen LogP contribution in [0.2, 0.25) is 0 Å². The lowest BCUT2D eigenvalue weighted by atomic mass is 9.87. The third-order valence-corrected chi connectivity index (χ3v) is 4.59. The van der Waals surface area contributed by atoms with Crippen LogP contribution in [0.1, 0.15) is 71.1 Å². The number of aliphatic hydroxyl groups is 4. The molecule has 7 heteroatoms. The lowest BCUT2D eigenvalue weighted by molar-refractivity contribution is -0.173. The second kappa shape index (κ2) is 10.4. The second-order valence-electron chi connectivity index (χ2n) is 6.52. The van der Waals surface area contributed by atoms with Gasteiger partial charge in [0.2, 0.25) is 5.76 Å². The average molecular weight is 358 g/mol. The first kappa shape index (κ1) is 21.4. The van der Waals surface area contributed by atoms with Gasteiger partial charge in [0, 0.05) is 6.42 Å². The van der Waals surface area contributed by atoms with Crippen molar-refractivity contribution in [1.82, 2.24) is 0 Å². The normalized spacial score (nSPS) is 21.5. The third-order valence-electron chi connectivity index (χ3n) is 4.59. The molecule has 2 atom stereocenters. The largest absolute Gasteiger partial charge is 0.505 e. The lowest BCUT2D eigenvalue weighted by Crippen LogP contribution is -2.53. The molecule has 1 aliphatic rings. The van der Waals surface area contributed by atoms with Gasteiger partial charge < -0.3 is 25.2 Å². The molecule has 1 heterocycles. The van der Waals surface area contributed by atoms with E-state index in [1.54, 1.807) is 0 Å². The Kier molecular flexibility index (Phi) is 8.92. The Hall–Kier alpha value is -1.60. The summed E-state index contributed by atoms with van der Waals surface area (Å²) in [7, 11) is 0. The van der Waals surface area contributed by atoms with Gasteiger partial charge in [0.15, 0.2) is 11.5 Å². The highest BCUT2D eigenvalue weighted by Gasteiger charge is 2.58. The van der Waals surface area contributed by atoms with Crippen LogP contribution in [-0.2, 0) is 14.3 Å². The molecule has 144 valence electrons. The number of esters is 1. The number of carbonyl (C=O) groups excluding carboxylic acids is 2. The molecule has 0 bridgehead atoms. The van der Waals surface area contributed by atoms with E-state index in [1.165, 1.54) is 25.7 Å². The lowest BCUT2D eigenvalue weighted by Gasteiger charge is -2.29. The first-order chi connectivity index (χ1) is 11.9. The van der Waals surface area contributed by atoms with Crippen LogP contribution >= 0.6 is 0 Å². The summed E-state index contributed by atoms with van der Waals surface area (Å²) in [6.45, 7) is 1.28. The van der Waals surface area contributed by atoms with Crippen molar-refractivity contribution in [3.05, 3.63) is 11.5 Å². The van der Waals surface area contributed by atoms with Crippen molar-refractivity contribution in [3.8, 4) is 0 Å². The Labute approximate surface area is 148 Å². The van der Waals surface area contributed by atoms with Gasteiger partial charge in [0.25, 0.3) is 5.60 Å². The minimum Gasteiger partial charge on any atom is -0.505 e. The van der Waals surface area contributed by atoms with Crippen LogP contribution < -0.4 is 0 Å². The van der Waals surface area contributed by atoms with Gasteiger partial charge in [-0.25, -0.2) is 4.79 Å². The Morgan fingerprint density at radius 1 is 1.04 bits per heavy atom. The first-order valence-electron chi connectivity index (χ1n) is 9.10. The van der Waals surface area contributed by atoms with Gasteiger partial charge in [-0.15, -0.1) is 0 Å². The minimum atomic E-state index is -2.39. The van der Waals surface area contributed by atoms with Crippen molar-refractivity contribution in [2.75, 3.05) is 6.61 Å². The van der Waals surface area contributed by atoms with Crippen LogP contribution in [0.3, 0.4) is 0 Å². The molecule has 0 aromatic rings. The SMILES string of the molecule is CCCCCCCCCCCC(=O)[C@]1([C@@H](O)CO)OC(=O)C(O)=C1O. The van der Waals surface area contributed by atoms with E-state index in [0.717, 1.165) is 25.7 Å². The first-order valence-corrected chi connectivity index (χ1v) is 9.10. The second-order valence-corrected chi connectivity index (χ2v) is 6.52. The monoisotopic (exact) mass is 358 g/mol. The van der Waals surface area contributed by atoms with Crippen molar-refractivity contribution in [1.29, 1.82) is 0 Å². The van der Waals surface area contributed by atoms with E-state index in [4.69, 9.17) is 9.84 Å². The average Bonchev–Trinajstić information content (AvgIpc) is 2.84. The number of Topliss-reactive ketones (excluding diaryl/α,β-unsaturated/α-hetero) is 1. The molecule has 0 spiro atoms. The number of ketones is 1. The topological polar surface area (TPSA) is 124 Å². The quantitative estimate of drug-likeness (QED) is 0.294. The van der Waals surface area contributed by atoms with Gasteiger partial charge in [-0.05, 0) is 6.42 Å². The van der Waals surface area contributed by atoms with Gasteiger partial charge in [-0.1, -0.05) is 58.3 Å². The van der Waals surface area contributed by atoms with E-state index in [2.05, 4.69) is 6.92 Å². The Bertz CT molecular complexity index is 486. The number of rotatable bonds is 13. The van der Waals surface area contributed by atoms with Crippen molar-refractivity contribution < 1.29 is 34.8 Å². The van der Waals surface area contributed by atoms with Crippen LogP contribution in [0.4, 0.5) is 0 Å². The smallest absolute Gasteiger partial charge is 0.378 e. The molecule has 25 heavy (non-hydrogen) atoms. The Balaban J connectivity index is 2.45. The number of hydrogen-bond acceptors (Lipinski definition) is 7. The van der Waals surface area contributed by atoms with Gasteiger partial charge in [-0.3, -0.25) is 4.79 Å². The van der Waals surface area contributed by atoms with E-state index >= 15 is 0 Å². The molecular formula is C18H30O7. The maximum atomic E-state index is 12.4. The van der Waals surface area contributed by atoms with Crippen LogP contribution in [0.25, 0.3) is 0 Å². The molecule has 7 nitrogen and oxygen atoms in total. The van der Waals surface area contributed by atoms with Gasteiger partial charge >= 0.3 is 5.97 Å². The minimum absolute atomic E-state index is 0.0302. The Morgan fingerprint density at radius 2 is 1.56 bits per heavy atom. The van der Waals surface area contributed by atoms with Crippen LogP contribution in [0.5, 0.6) is 0 Å². The summed E-state index contributed by atoms with van der Waals surface area (Å²) in [5.41, 5.74) is -2.39. The fourth-order valence-electron chi connectivity index (χ4n) is 3.03. The molecule has 0 fully saturated rings. The maximum Gasteiger partial charge on any atom is 0.378 e. The highest BCUT2D eigenvalue weighted by atomic mass is 16.6. The summed E-state index contributed by atoms with van der Waals surface area (Å²) in [5.74, 6) is -4.15. The number of hydrogen-bond donors (Lipinski definition) is 4. The number of ether oxygens (including phenoxy) is 1. The molecule has 0 saturated carbocycles. The summed E-state index contributed by atoms with van der Waals surface area (Å²) >= 11 is 0. The highest BCUT2D eigenvalue weighted by molar-refractivity contribution is 6.01. The molecular weight excluding hydrogens is 328 g/mol. The molecule has 1 rings (SSSR count). The van der Waals surface area contributed by atoms with Crippen molar-refractivity contribution in [2.45, 2.75) is 82.8 Å². The summed E-state index contributed by atoms with van der Waals surface area (Å²) in [6, 6.07) is 0. The molecule has 0 amide bonds. The maximum absolute atomic E-state index is 12.4. The standard InChI is InChI=1S/C18H30O7/c1-2-3-4-5-6-7-8-9-10-11-13(20)18(14(21)12-19)16(23)15(22)17(24)25-18/h14,19,21-23H,2-12H2,1H3/t14-,18+/m0/s1. The van der Waals surface area contributed by atoms with Crippen LogP contribution in [0, 0.1) is 0 Å². The zero-order chi connectivity index (χ0) is 18.9. The number of cyclic esters (lactones) is 1. The molecule has 1 aliphatic heterocycles. The molecule has 0 radical (unpaired) electrons. The predicted octanol–water partition coefficient (Wildman–Crippen LogP) is 2.45.